The van der Waals surface area contributed by atoms with Gasteiger partial charge in [0, 0.05) is 37.6 Å². The molecule has 2 rings (SSSR count). The van der Waals surface area contributed by atoms with E-state index in [1.54, 1.807) is 11.3 Å². The van der Waals surface area contributed by atoms with E-state index in [1.165, 1.54) is 25.2 Å². The Morgan fingerprint density at radius 2 is 2.35 bits per heavy atom. The van der Waals surface area contributed by atoms with E-state index in [4.69, 9.17) is 5.73 Å². The smallest absolute Gasteiger partial charge is 0.106 e. The quantitative estimate of drug-likeness (QED) is 0.878. The fraction of sp³-hybridized carbons (Fsp3) is 0.750. The van der Waals surface area contributed by atoms with Gasteiger partial charge in [0.2, 0.25) is 0 Å². The molecule has 0 amide bonds. The van der Waals surface area contributed by atoms with Gasteiger partial charge in [0.15, 0.2) is 0 Å². The molecule has 1 unspecified atom stereocenters. The van der Waals surface area contributed by atoms with Gasteiger partial charge in [0.25, 0.3) is 0 Å². The fourth-order valence-electron chi connectivity index (χ4n) is 2.38. The Bertz CT molecular complexity index is 352. The largest absolute Gasteiger partial charge is 0.325 e. The maximum atomic E-state index is 5.59. The van der Waals surface area contributed by atoms with E-state index in [0.717, 1.165) is 18.1 Å². The van der Waals surface area contributed by atoms with Crippen LogP contribution in [0.1, 0.15) is 24.0 Å². The monoisotopic (exact) mass is 254 g/mol. The number of rotatable bonds is 3. The van der Waals surface area contributed by atoms with Crippen molar-refractivity contribution < 1.29 is 0 Å². The molecule has 17 heavy (non-hydrogen) atoms. The summed E-state index contributed by atoms with van der Waals surface area (Å²) in [5, 5.41) is 3.18. The van der Waals surface area contributed by atoms with E-state index in [9.17, 15) is 0 Å². The predicted molar refractivity (Wildman–Crippen MR) is 72.0 cm³/mol. The Balaban J connectivity index is 1.97. The van der Waals surface area contributed by atoms with Crippen molar-refractivity contribution in [2.24, 2.45) is 5.73 Å². The van der Waals surface area contributed by atoms with Gasteiger partial charge in [0.05, 0.1) is 5.69 Å². The van der Waals surface area contributed by atoms with Gasteiger partial charge in [-0.15, -0.1) is 11.3 Å². The maximum Gasteiger partial charge on any atom is 0.106 e. The average molecular weight is 254 g/mol. The van der Waals surface area contributed by atoms with E-state index < -0.39 is 0 Å². The van der Waals surface area contributed by atoms with Crippen LogP contribution in [0.3, 0.4) is 0 Å². The van der Waals surface area contributed by atoms with Crippen molar-refractivity contribution >= 4 is 11.3 Å². The van der Waals surface area contributed by atoms with Crippen molar-refractivity contribution in [1.29, 1.82) is 0 Å². The second-order valence-corrected chi connectivity index (χ2v) is 5.81. The lowest BCUT2D eigenvalue weighted by Gasteiger charge is -2.27. The predicted octanol–water partition coefficient (Wildman–Crippen LogP) is 1.13. The summed E-state index contributed by atoms with van der Waals surface area (Å²) in [7, 11) is 2.20. The van der Waals surface area contributed by atoms with Crippen molar-refractivity contribution in [3.63, 3.8) is 0 Å². The van der Waals surface area contributed by atoms with Crippen LogP contribution in [0.2, 0.25) is 0 Å². The summed E-state index contributed by atoms with van der Waals surface area (Å²) in [6.07, 6.45) is 1.24. The van der Waals surface area contributed by atoms with Crippen molar-refractivity contribution in [3.05, 3.63) is 16.1 Å². The molecular weight excluding hydrogens is 232 g/mol. The van der Waals surface area contributed by atoms with E-state index in [0.29, 0.717) is 12.6 Å². The summed E-state index contributed by atoms with van der Waals surface area (Å²) in [6.45, 7) is 7.34. The summed E-state index contributed by atoms with van der Waals surface area (Å²) >= 11 is 1.67. The molecule has 1 saturated heterocycles. The van der Waals surface area contributed by atoms with Crippen LogP contribution < -0.4 is 5.73 Å². The summed E-state index contributed by atoms with van der Waals surface area (Å²) in [5.41, 5.74) is 6.77. The first-order valence-corrected chi connectivity index (χ1v) is 7.13. The van der Waals surface area contributed by atoms with Crippen molar-refractivity contribution in [3.8, 4) is 0 Å². The molecule has 1 aromatic rings. The van der Waals surface area contributed by atoms with Crippen molar-refractivity contribution in [2.75, 3.05) is 26.7 Å². The Hall–Kier alpha value is -0.490. The van der Waals surface area contributed by atoms with E-state index in [-0.39, 0.29) is 0 Å². The summed E-state index contributed by atoms with van der Waals surface area (Å²) < 4.78 is 0. The van der Waals surface area contributed by atoms with Gasteiger partial charge in [0.1, 0.15) is 5.01 Å². The van der Waals surface area contributed by atoms with E-state index in [2.05, 4.69) is 34.1 Å². The van der Waals surface area contributed by atoms with Gasteiger partial charge in [-0.25, -0.2) is 4.98 Å². The number of nitrogens with two attached hydrogens (primary N) is 1. The third-order valence-corrected chi connectivity index (χ3v) is 4.24. The molecule has 1 fully saturated rings. The van der Waals surface area contributed by atoms with Crippen LogP contribution in [-0.2, 0) is 13.1 Å². The third-order valence-electron chi connectivity index (χ3n) is 3.32. The van der Waals surface area contributed by atoms with Crippen molar-refractivity contribution in [2.45, 2.75) is 32.5 Å². The zero-order chi connectivity index (χ0) is 12.3. The molecule has 1 aromatic heterocycles. The molecule has 0 saturated carbocycles. The highest BCUT2D eigenvalue weighted by Gasteiger charge is 2.20. The van der Waals surface area contributed by atoms with Crippen LogP contribution in [-0.4, -0.2) is 47.5 Å². The molecule has 2 heterocycles. The first-order valence-electron chi connectivity index (χ1n) is 6.25. The molecule has 0 radical (unpaired) electrons. The molecular formula is C12H22N4S. The zero-order valence-electron chi connectivity index (χ0n) is 10.7. The van der Waals surface area contributed by atoms with Crippen LogP contribution >= 0.6 is 11.3 Å². The Labute approximate surface area is 107 Å². The summed E-state index contributed by atoms with van der Waals surface area (Å²) in [4.78, 5) is 9.49. The molecule has 0 aliphatic carbocycles. The molecule has 1 atom stereocenters. The number of nitrogens with zero attached hydrogens (tertiary/aromatic N) is 3. The number of aromatic nitrogens is 1. The second-order valence-electron chi connectivity index (χ2n) is 4.87. The summed E-state index contributed by atoms with van der Waals surface area (Å²) in [5.74, 6) is 0. The molecule has 1 aliphatic heterocycles. The second kappa shape index (κ2) is 5.91. The lowest BCUT2D eigenvalue weighted by molar-refractivity contribution is 0.193. The Morgan fingerprint density at radius 3 is 3.06 bits per heavy atom. The van der Waals surface area contributed by atoms with Gasteiger partial charge in [-0.1, -0.05) is 0 Å². The molecule has 2 N–H and O–H groups in total. The fourth-order valence-corrected chi connectivity index (χ4v) is 3.05. The van der Waals surface area contributed by atoms with Crippen molar-refractivity contribution in [1.82, 2.24) is 14.8 Å². The molecule has 5 heteroatoms. The van der Waals surface area contributed by atoms with Crippen LogP contribution in [0.4, 0.5) is 0 Å². The maximum absolute atomic E-state index is 5.59. The lowest BCUT2D eigenvalue weighted by atomic mass is 10.2. The number of hydrogen-bond acceptors (Lipinski definition) is 5. The SMILES string of the molecule is CC1CN(C)CCCN1Cc1csc(CN)n1. The molecule has 4 nitrogen and oxygen atoms in total. The van der Waals surface area contributed by atoms with Crippen LogP contribution in [0.5, 0.6) is 0 Å². The minimum atomic E-state index is 0.558. The number of likely N-dealkylation sites (N-methyl/N-ethyl adjacent to an activating group) is 1. The number of thiazole rings is 1. The van der Waals surface area contributed by atoms with Gasteiger partial charge < -0.3 is 10.6 Å². The van der Waals surface area contributed by atoms with Crippen LogP contribution in [0.25, 0.3) is 0 Å². The number of hydrogen-bond donors (Lipinski definition) is 1. The Morgan fingerprint density at radius 1 is 1.53 bits per heavy atom. The standard InChI is InChI=1S/C12H22N4S/c1-10-7-15(2)4-3-5-16(10)8-11-9-17-12(6-13)14-11/h9-10H,3-8,13H2,1-2H3. The highest BCUT2D eigenvalue weighted by atomic mass is 32.1. The third kappa shape index (κ3) is 3.48. The highest BCUT2D eigenvalue weighted by Crippen LogP contribution is 2.15. The van der Waals surface area contributed by atoms with Crippen LogP contribution in [0.15, 0.2) is 5.38 Å². The topological polar surface area (TPSA) is 45.4 Å². The first kappa shape index (κ1) is 13.0. The van der Waals surface area contributed by atoms with E-state index >= 15 is 0 Å². The van der Waals surface area contributed by atoms with Gasteiger partial charge >= 0.3 is 0 Å². The Kier molecular flexibility index (Phi) is 4.50. The molecule has 0 bridgehead atoms. The highest BCUT2D eigenvalue weighted by molar-refractivity contribution is 7.09. The summed E-state index contributed by atoms with van der Waals surface area (Å²) in [6, 6.07) is 0.602. The van der Waals surface area contributed by atoms with E-state index in [1.807, 2.05) is 0 Å². The first-order chi connectivity index (χ1) is 8.19. The zero-order valence-corrected chi connectivity index (χ0v) is 11.5. The van der Waals surface area contributed by atoms with Gasteiger partial charge in [-0.3, -0.25) is 4.90 Å². The van der Waals surface area contributed by atoms with Crippen LogP contribution in [0, 0.1) is 0 Å². The minimum Gasteiger partial charge on any atom is -0.325 e. The lowest BCUT2D eigenvalue weighted by Crippen LogP contribution is -2.37. The minimum absolute atomic E-state index is 0.558. The normalized spacial score (nSPS) is 23.8. The molecule has 0 spiro atoms. The van der Waals surface area contributed by atoms with Gasteiger partial charge in [-0.2, -0.15) is 0 Å². The average Bonchev–Trinajstić information content (AvgIpc) is 2.68. The van der Waals surface area contributed by atoms with Gasteiger partial charge in [-0.05, 0) is 26.9 Å². The molecule has 1 aliphatic rings. The molecule has 0 aromatic carbocycles. The molecule has 96 valence electrons.